The van der Waals surface area contributed by atoms with Crippen LogP contribution in [0.5, 0.6) is 0 Å². The van der Waals surface area contributed by atoms with Gasteiger partial charge in [0.25, 0.3) is 0 Å². The summed E-state index contributed by atoms with van der Waals surface area (Å²) in [7, 11) is 4.21. The molecule has 2 nitrogen and oxygen atoms in total. The van der Waals surface area contributed by atoms with Crippen molar-refractivity contribution in [3.63, 3.8) is 0 Å². The number of likely N-dealkylation sites (N-methyl/N-ethyl adjacent to an activating group) is 1. The average Bonchev–Trinajstić information content (AvgIpc) is 2.74. The Morgan fingerprint density at radius 3 is 2.45 bits per heavy atom. The van der Waals surface area contributed by atoms with Crippen LogP contribution in [0, 0.1) is 0 Å². The SMILES string of the molecule is CN(C)CC(NCc1cc(Br)c(Br)s1)c1ccccc1. The Labute approximate surface area is 141 Å². The number of hydrogen-bond acceptors (Lipinski definition) is 3. The van der Waals surface area contributed by atoms with Crippen molar-refractivity contribution in [1.29, 1.82) is 0 Å². The van der Waals surface area contributed by atoms with Gasteiger partial charge >= 0.3 is 0 Å². The largest absolute Gasteiger partial charge is 0.308 e. The molecule has 0 spiro atoms. The molecule has 1 aromatic carbocycles. The third-order valence-electron chi connectivity index (χ3n) is 2.97. The number of benzene rings is 1. The second-order valence-electron chi connectivity index (χ2n) is 4.94. The van der Waals surface area contributed by atoms with Crippen LogP contribution in [0.4, 0.5) is 0 Å². The fourth-order valence-electron chi connectivity index (χ4n) is 2.04. The molecular weight excluding hydrogens is 400 g/mol. The quantitative estimate of drug-likeness (QED) is 0.734. The van der Waals surface area contributed by atoms with Crippen molar-refractivity contribution >= 4 is 43.2 Å². The summed E-state index contributed by atoms with van der Waals surface area (Å²) >= 11 is 8.84. The molecule has 108 valence electrons. The Morgan fingerprint density at radius 1 is 1.20 bits per heavy atom. The van der Waals surface area contributed by atoms with Gasteiger partial charge in [-0.2, -0.15) is 0 Å². The first-order valence-electron chi connectivity index (χ1n) is 6.43. The first-order chi connectivity index (χ1) is 9.56. The monoisotopic (exact) mass is 416 g/mol. The highest BCUT2D eigenvalue weighted by Gasteiger charge is 2.13. The third kappa shape index (κ3) is 4.67. The Kier molecular flexibility index (Phi) is 6.23. The number of nitrogens with zero attached hydrogens (tertiary/aromatic N) is 1. The number of halogens is 2. The van der Waals surface area contributed by atoms with Gasteiger partial charge in [0.1, 0.15) is 0 Å². The average molecular weight is 418 g/mol. The minimum absolute atomic E-state index is 0.339. The van der Waals surface area contributed by atoms with E-state index in [1.165, 1.54) is 10.4 Å². The lowest BCUT2D eigenvalue weighted by Gasteiger charge is -2.22. The molecule has 1 N–H and O–H groups in total. The van der Waals surface area contributed by atoms with Gasteiger partial charge in [0, 0.05) is 28.5 Å². The maximum Gasteiger partial charge on any atom is 0.0843 e. The Balaban J connectivity index is 2.04. The summed E-state index contributed by atoms with van der Waals surface area (Å²) in [5.74, 6) is 0. The van der Waals surface area contributed by atoms with Crippen molar-refractivity contribution in [1.82, 2.24) is 10.2 Å². The van der Waals surface area contributed by atoms with E-state index < -0.39 is 0 Å². The molecule has 0 fully saturated rings. The van der Waals surface area contributed by atoms with Gasteiger partial charge in [-0.15, -0.1) is 11.3 Å². The number of thiophene rings is 1. The molecule has 2 aromatic rings. The summed E-state index contributed by atoms with van der Waals surface area (Å²) in [4.78, 5) is 3.54. The lowest BCUT2D eigenvalue weighted by Crippen LogP contribution is -2.30. The van der Waals surface area contributed by atoms with E-state index in [-0.39, 0.29) is 0 Å². The van der Waals surface area contributed by atoms with Crippen LogP contribution in [-0.2, 0) is 6.54 Å². The standard InChI is InChI=1S/C15H18Br2N2S/c1-19(2)10-14(11-6-4-3-5-7-11)18-9-12-8-13(16)15(17)20-12/h3-8,14,18H,9-10H2,1-2H3. The van der Waals surface area contributed by atoms with Crippen molar-refractivity contribution < 1.29 is 0 Å². The van der Waals surface area contributed by atoms with Crippen LogP contribution in [-0.4, -0.2) is 25.5 Å². The highest BCUT2D eigenvalue weighted by atomic mass is 79.9. The van der Waals surface area contributed by atoms with Crippen molar-refractivity contribution in [2.24, 2.45) is 0 Å². The minimum Gasteiger partial charge on any atom is -0.308 e. The summed E-state index contributed by atoms with van der Waals surface area (Å²) in [6.07, 6.45) is 0. The molecular formula is C15H18Br2N2S. The van der Waals surface area contributed by atoms with E-state index in [1.807, 2.05) is 0 Å². The summed E-state index contributed by atoms with van der Waals surface area (Å²) in [6.45, 7) is 1.86. The van der Waals surface area contributed by atoms with Gasteiger partial charge in [-0.3, -0.25) is 0 Å². The van der Waals surface area contributed by atoms with Gasteiger partial charge < -0.3 is 10.2 Å². The molecule has 1 unspecified atom stereocenters. The normalized spacial score (nSPS) is 12.8. The number of hydrogen-bond donors (Lipinski definition) is 1. The van der Waals surface area contributed by atoms with Crippen molar-refractivity contribution in [3.8, 4) is 0 Å². The number of nitrogens with one attached hydrogen (secondary N) is 1. The third-order valence-corrected chi connectivity index (χ3v) is 6.22. The predicted octanol–water partition coefficient (Wildman–Crippen LogP) is 4.67. The zero-order valence-corrected chi connectivity index (χ0v) is 15.6. The molecule has 0 saturated carbocycles. The summed E-state index contributed by atoms with van der Waals surface area (Å²) in [5, 5.41) is 3.65. The first kappa shape index (κ1) is 16.2. The molecule has 0 saturated heterocycles. The lowest BCUT2D eigenvalue weighted by molar-refractivity contribution is 0.341. The van der Waals surface area contributed by atoms with Gasteiger partial charge in [0.15, 0.2) is 0 Å². The lowest BCUT2D eigenvalue weighted by atomic mass is 10.1. The summed E-state index contributed by atoms with van der Waals surface area (Å²) in [6, 6.07) is 13.1. The van der Waals surface area contributed by atoms with Crippen molar-refractivity contribution in [3.05, 3.63) is 55.1 Å². The van der Waals surface area contributed by atoms with Crippen molar-refractivity contribution in [2.45, 2.75) is 12.6 Å². The zero-order valence-electron chi connectivity index (χ0n) is 11.6. The molecule has 1 atom stereocenters. The topological polar surface area (TPSA) is 15.3 Å². The summed E-state index contributed by atoms with van der Waals surface area (Å²) < 4.78 is 2.28. The molecule has 0 bridgehead atoms. The molecule has 0 aliphatic rings. The van der Waals surface area contributed by atoms with Gasteiger partial charge in [-0.1, -0.05) is 30.3 Å². The van der Waals surface area contributed by atoms with E-state index >= 15 is 0 Å². The van der Waals surface area contributed by atoms with Gasteiger partial charge in [0.05, 0.1) is 3.79 Å². The minimum atomic E-state index is 0.339. The van der Waals surface area contributed by atoms with Crippen LogP contribution in [0.3, 0.4) is 0 Å². The van der Waals surface area contributed by atoms with Gasteiger partial charge in [-0.05, 0) is 57.6 Å². The maximum atomic E-state index is 3.65. The van der Waals surface area contributed by atoms with E-state index in [2.05, 4.69) is 92.6 Å². The van der Waals surface area contributed by atoms with E-state index in [0.717, 1.165) is 21.3 Å². The molecule has 0 amide bonds. The summed E-state index contributed by atoms with van der Waals surface area (Å²) in [5.41, 5.74) is 1.33. The second-order valence-corrected chi connectivity index (χ2v) is 8.25. The van der Waals surface area contributed by atoms with Crippen LogP contribution < -0.4 is 5.32 Å². The van der Waals surface area contributed by atoms with Crippen LogP contribution in [0.2, 0.25) is 0 Å². The second kappa shape index (κ2) is 7.71. The van der Waals surface area contributed by atoms with E-state index in [9.17, 15) is 0 Å². The van der Waals surface area contributed by atoms with Crippen LogP contribution in [0.1, 0.15) is 16.5 Å². The van der Waals surface area contributed by atoms with Crippen LogP contribution in [0.25, 0.3) is 0 Å². The van der Waals surface area contributed by atoms with E-state index in [0.29, 0.717) is 6.04 Å². The van der Waals surface area contributed by atoms with Gasteiger partial charge in [0.2, 0.25) is 0 Å². The van der Waals surface area contributed by atoms with Crippen LogP contribution >= 0.6 is 43.2 Å². The van der Waals surface area contributed by atoms with Gasteiger partial charge in [-0.25, -0.2) is 0 Å². The molecule has 0 aliphatic carbocycles. The molecule has 1 aromatic heterocycles. The molecule has 5 heteroatoms. The fourth-order valence-corrected chi connectivity index (χ4v) is 4.17. The predicted molar refractivity (Wildman–Crippen MR) is 94.3 cm³/mol. The highest BCUT2D eigenvalue weighted by molar-refractivity contribution is 9.13. The van der Waals surface area contributed by atoms with E-state index in [1.54, 1.807) is 11.3 Å². The zero-order chi connectivity index (χ0) is 14.5. The Bertz CT molecular complexity index is 521. The molecule has 0 radical (unpaired) electrons. The molecule has 0 aliphatic heterocycles. The smallest absolute Gasteiger partial charge is 0.0843 e. The highest BCUT2D eigenvalue weighted by Crippen LogP contribution is 2.32. The van der Waals surface area contributed by atoms with Crippen molar-refractivity contribution in [2.75, 3.05) is 20.6 Å². The Hall–Kier alpha value is -0.200. The number of rotatable bonds is 6. The molecule has 2 rings (SSSR count). The van der Waals surface area contributed by atoms with Crippen LogP contribution in [0.15, 0.2) is 44.7 Å². The molecule has 1 heterocycles. The molecule has 20 heavy (non-hydrogen) atoms. The van der Waals surface area contributed by atoms with E-state index in [4.69, 9.17) is 0 Å². The first-order valence-corrected chi connectivity index (χ1v) is 8.83. The Morgan fingerprint density at radius 2 is 1.90 bits per heavy atom. The maximum absolute atomic E-state index is 3.65. The fraction of sp³-hybridized carbons (Fsp3) is 0.333.